The normalized spacial score (nSPS) is 11.4. The van der Waals surface area contributed by atoms with Crippen LogP contribution in [0, 0.1) is 0 Å². The third-order valence-corrected chi connectivity index (χ3v) is 2.15. The summed E-state index contributed by atoms with van der Waals surface area (Å²) in [6.45, 7) is 4.61. The summed E-state index contributed by atoms with van der Waals surface area (Å²) in [6.07, 6.45) is 3.68. The minimum atomic E-state index is 0.334. The van der Waals surface area contributed by atoms with Gasteiger partial charge in [-0.3, -0.25) is 0 Å². The lowest BCUT2D eigenvalue weighted by Crippen LogP contribution is -1.93. The first kappa shape index (κ1) is 10.8. The van der Waals surface area contributed by atoms with Crippen LogP contribution in [0.1, 0.15) is 30.9 Å². The Morgan fingerprint density at radius 3 is 2.71 bits per heavy atom. The summed E-state index contributed by atoms with van der Waals surface area (Å²) in [5.41, 5.74) is 7.17. The van der Waals surface area contributed by atoms with E-state index in [0.717, 1.165) is 11.1 Å². The Balaban J connectivity index is 3.07. The molecule has 0 atom stereocenters. The lowest BCUT2D eigenvalue weighted by atomic mass is 9.99. The first-order valence-electron chi connectivity index (χ1n) is 4.85. The van der Waals surface area contributed by atoms with Crippen LogP contribution in [0.3, 0.4) is 0 Å². The zero-order chi connectivity index (χ0) is 10.6. The molecule has 0 amide bonds. The molecule has 0 bridgehead atoms. The van der Waals surface area contributed by atoms with Crippen molar-refractivity contribution in [3.05, 3.63) is 35.4 Å². The van der Waals surface area contributed by atoms with E-state index in [2.05, 4.69) is 13.8 Å². The second-order valence-corrected chi connectivity index (χ2v) is 3.58. The van der Waals surface area contributed by atoms with E-state index in [1.54, 1.807) is 0 Å². The predicted octanol–water partition coefficient (Wildman–Crippen LogP) is 2.49. The van der Waals surface area contributed by atoms with Gasteiger partial charge in [0.15, 0.2) is 0 Å². The number of aromatic hydroxyl groups is 1. The zero-order valence-electron chi connectivity index (χ0n) is 8.70. The first-order chi connectivity index (χ1) is 6.66. The molecule has 76 valence electrons. The Morgan fingerprint density at radius 1 is 1.43 bits per heavy atom. The third-order valence-electron chi connectivity index (χ3n) is 2.15. The van der Waals surface area contributed by atoms with Gasteiger partial charge in [0.2, 0.25) is 0 Å². The zero-order valence-corrected chi connectivity index (χ0v) is 8.70. The van der Waals surface area contributed by atoms with E-state index in [9.17, 15) is 5.11 Å². The molecule has 1 rings (SSSR count). The van der Waals surface area contributed by atoms with Gasteiger partial charge in [-0.15, -0.1) is 0 Å². The van der Waals surface area contributed by atoms with Crippen molar-refractivity contribution >= 4 is 6.08 Å². The van der Waals surface area contributed by atoms with Gasteiger partial charge in [0.1, 0.15) is 5.75 Å². The van der Waals surface area contributed by atoms with Crippen LogP contribution in [0.25, 0.3) is 6.08 Å². The molecule has 1 aromatic rings. The molecule has 0 aromatic heterocycles. The fourth-order valence-electron chi connectivity index (χ4n) is 1.38. The standard InChI is InChI=1S/C12H17NO/c1-9(2)11-7-3-5-10(12(11)14)6-4-8-13/h3-7,9,14H,8,13H2,1-2H3/b6-4+. The largest absolute Gasteiger partial charge is 0.507 e. The molecule has 0 heterocycles. The van der Waals surface area contributed by atoms with Gasteiger partial charge in [-0.2, -0.15) is 0 Å². The van der Waals surface area contributed by atoms with Crippen molar-refractivity contribution in [1.29, 1.82) is 0 Å². The number of hydrogen-bond acceptors (Lipinski definition) is 2. The minimum Gasteiger partial charge on any atom is -0.507 e. The van der Waals surface area contributed by atoms with Gasteiger partial charge in [0.25, 0.3) is 0 Å². The number of para-hydroxylation sites is 1. The summed E-state index contributed by atoms with van der Waals surface area (Å²) in [6, 6.07) is 5.78. The fourth-order valence-corrected chi connectivity index (χ4v) is 1.38. The van der Waals surface area contributed by atoms with Gasteiger partial charge in [-0.05, 0) is 11.5 Å². The summed E-state index contributed by atoms with van der Waals surface area (Å²) >= 11 is 0. The smallest absolute Gasteiger partial charge is 0.126 e. The number of phenolic OH excluding ortho intramolecular Hbond substituents is 1. The molecule has 0 unspecified atom stereocenters. The predicted molar refractivity (Wildman–Crippen MR) is 60.3 cm³/mol. The molecule has 3 N–H and O–H groups in total. The lowest BCUT2D eigenvalue weighted by Gasteiger charge is -2.09. The molecule has 2 heteroatoms. The Labute approximate surface area is 85.1 Å². The van der Waals surface area contributed by atoms with E-state index in [4.69, 9.17) is 5.73 Å². The Bertz CT molecular complexity index is 329. The van der Waals surface area contributed by atoms with Crippen LogP contribution in [0.4, 0.5) is 0 Å². The van der Waals surface area contributed by atoms with E-state index in [1.165, 1.54) is 0 Å². The molecule has 2 nitrogen and oxygen atoms in total. The molecule has 0 fully saturated rings. The number of benzene rings is 1. The Kier molecular flexibility index (Phi) is 3.72. The van der Waals surface area contributed by atoms with Crippen LogP contribution >= 0.6 is 0 Å². The second-order valence-electron chi connectivity index (χ2n) is 3.58. The summed E-state index contributed by atoms with van der Waals surface area (Å²) in [5.74, 6) is 0.702. The Morgan fingerprint density at radius 2 is 2.14 bits per heavy atom. The van der Waals surface area contributed by atoms with E-state index in [-0.39, 0.29) is 0 Å². The molecule has 0 aliphatic rings. The van der Waals surface area contributed by atoms with Crippen LogP contribution in [0.5, 0.6) is 5.75 Å². The van der Waals surface area contributed by atoms with E-state index < -0.39 is 0 Å². The van der Waals surface area contributed by atoms with Gasteiger partial charge in [-0.25, -0.2) is 0 Å². The summed E-state index contributed by atoms with van der Waals surface area (Å²) in [5, 5.41) is 9.89. The molecule has 0 aliphatic heterocycles. The number of nitrogens with two attached hydrogens (primary N) is 1. The van der Waals surface area contributed by atoms with Crippen molar-refractivity contribution in [2.75, 3.05) is 6.54 Å². The SMILES string of the molecule is CC(C)c1cccc(/C=C/CN)c1O. The summed E-state index contributed by atoms with van der Waals surface area (Å²) in [4.78, 5) is 0. The van der Waals surface area contributed by atoms with Crippen molar-refractivity contribution in [1.82, 2.24) is 0 Å². The highest BCUT2D eigenvalue weighted by molar-refractivity contribution is 5.59. The second kappa shape index (κ2) is 4.82. The maximum absolute atomic E-state index is 9.89. The van der Waals surface area contributed by atoms with Crippen LogP contribution in [-0.4, -0.2) is 11.7 Å². The third kappa shape index (κ3) is 2.36. The molecule has 0 spiro atoms. The van der Waals surface area contributed by atoms with E-state index >= 15 is 0 Å². The molecule has 0 saturated heterocycles. The maximum Gasteiger partial charge on any atom is 0.126 e. The van der Waals surface area contributed by atoms with Crippen molar-refractivity contribution in [2.45, 2.75) is 19.8 Å². The van der Waals surface area contributed by atoms with Gasteiger partial charge in [0.05, 0.1) is 0 Å². The molecule has 0 aliphatic carbocycles. The average Bonchev–Trinajstić information content (AvgIpc) is 2.16. The number of phenols is 1. The number of rotatable bonds is 3. The first-order valence-corrected chi connectivity index (χ1v) is 4.85. The van der Waals surface area contributed by atoms with Gasteiger partial charge < -0.3 is 10.8 Å². The highest BCUT2D eigenvalue weighted by Crippen LogP contribution is 2.29. The fraction of sp³-hybridized carbons (Fsp3) is 0.333. The average molecular weight is 191 g/mol. The van der Waals surface area contributed by atoms with E-state index in [1.807, 2.05) is 30.4 Å². The highest BCUT2D eigenvalue weighted by atomic mass is 16.3. The molecule has 0 radical (unpaired) electrons. The van der Waals surface area contributed by atoms with Gasteiger partial charge >= 0.3 is 0 Å². The molecule has 1 aromatic carbocycles. The molecular weight excluding hydrogens is 174 g/mol. The van der Waals surface area contributed by atoms with Crippen LogP contribution in [0.15, 0.2) is 24.3 Å². The van der Waals surface area contributed by atoms with E-state index in [0.29, 0.717) is 18.2 Å². The van der Waals surface area contributed by atoms with Crippen LogP contribution < -0.4 is 5.73 Å². The van der Waals surface area contributed by atoms with Crippen molar-refractivity contribution in [3.8, 4) is 5.75 Å². The van der Waals surface area contributed by atoms with Crippen molar-refractivity contribution in [3.63, 3.8) is 0 Å². The lowest BCUT2D eigenvalue weighted by molar-refractivity contribution is 0.463. The summed E-state index contributed by atoms with van der Waals surface area (Å²) in [7, 11) is 0. The van der Waals surface area contributed by atoms with Crippen molar-refractivity contribution < 1.29 is 5.11 Å². The molecule has 14 heavy (non-hydrogen) atoms. The maximum atomic E-state index is 9.89. The highest BCUT2D eigenvalue weighted by Gasteiger charge is 2.07. The molecule has 0 saturated carbocycles. The summed E-state index contributed by atoms with van der Waals surface area (Å²) < 4.78 is 0. The van der Waals surface area contributed by atoms with Crippen LogP contribution in [0.2, 0.25) is 0 Å². The van der Waals surface area contributed by atoms with Crippen molar-refractivity contribution in [2.24, 2.45) is 5.73 Å². The van der Waals surface area contributed by atoms with Gasteiger partial charge in [-0.1, -0.05) is 44.2 Å². The van der Waals surface area contributed by atoms with Gasteiger partial charge in [0, 0.05) is 12.1 Å². The minimum absolute atomic E-state index is 0.334. The number of hydrogen-bond donors (Lipinski definition) is 2. The topological polar surface area (TPSA) is 46.2 Å². The Hall–Kier alpha value is -1.28. The monoisotopic (exact) mass is 191 g/mol. The van der Waals surface area contributed by atoms with Crippen LogP contribution in [-0.2, 0) is 0 Å². The quantitative estimate of drug-likeness (QED) is 0.771. The molecular formula is C12H17NO.